The number of nitrogens with one attached hydrogen (secondary N) is 1. The lowest BCUT2D eigenvalue weighted by Crippen LogP contribution is -2.42. The van der Waals surface area contributed by atoms with Crippen LogP contribution in [0, 0.1) is 5.82 Å². The van der Waals surface area contributed by atoms with Crippen molar-refractivity contribution >= 4 is 17.5 Å². The maximum absolute atomic E-state index is 12.9. The summed E-state index contributed by atoms with van der Waals surface area (Å²) in [6.07, 6.45) is 0. The minimum Gasteiger partial charge on any atom is -0.482 e. The van der Waals surface area contributed by atoms with Gasteiger partial charge < -0.3 is 14.8 Å². The van der Waals surface area contributed by atoms with E-state index < -0.39 is 5.82 Å². The Kier molecular flexibility index (Phi) is 6.22. The van der Waals surface area contributed by atoms with Gasteiger partial charge in [-0.05, 0) is 18.2 Å². The first kappa shape index (κ1) is 16.0. The first-order chi connectivity index (χ1) is 10.1. The Morgan fingerprint density at radius 1 is 1.43 bits per heavy atom. The molecule has 1 amide bonds. The molecule has 1 saturated heterocycles. The van der Waals surface area contributed by atoms with Gasteiger partial charge in [-0.2, -0.15) is 0 Å². The topological polar surface area (TPSA) is 50.8 Å². The van der Waals surface area contributed by atoms with Crippen molar-refractivity contribution in [2.75, 3.05) is 46.0 Å². The highest BCUT2D eigenvalue weighted by atomic mass is 35.5. The van der Waals surface area contributed by atoms with Crippen molar-refractivity contribution in [3.05, 3.63) is 29.0 Å². The van der Waals surface area contributed by atoms with Gasteiger partial charge in [-0.1, -0.05) is 11.6 Å². The van der Waals surface area contributed by atoms with E-state index in [9.17, 15) is 9.18 Å². The molecule has 1 N–H and O–H groups in total. The Morgan fingerprint density at radius 3 is 2.90 bits per heavy atom. The summed E-state index contributed by atoms with van der Waals surface area (Å²) < 4.78 is 23.4. The van der Waals surface area contributed by atoms with Crippen molar-refractivity contribution in [3.8, 4) is 5.75 Å². The molecule has 0 saturated carbocycles. The second kappa shape index (κ2) is 8.17. The van der Waals surface area contributed by atoms with E-state index in [1.165, 1.54) is 12.1 Å². The van der Waals surface area contributed by atoms with Gasteiger partial charge in [0.2, 0.25) is 0 Å². The van der Waals surface area contributed by atoms with E-state index in [1.807, 2.05) is 0 Å². The van der Waals surface area contributed by atoms with Gasteiger partial charge in [0.05, 0.1) is 18.2 Å². The van der Waals surface area contributed by atoms with Crippen LogP contribution in [-0.4, -0.2) is 56.8 Å². The molecule has 1 aromatic carbocycles. The number of carbonyl (C=O) groups excluding carboxylic acids is 1. The van der Waals surface area contributed by atoms with Crippen LogP contribution >= 0.6 is 11.6 Å². The van der Waals surface area contributed by atoms with E-state index in [4.69, 9.17) is 21.1 Å². The zero-order valence-corrected chi connectivity index (χ0v) is 12.4. The summed E-state index contributed by atoms with van der Waals surface area (Å²) in [6.45, 7) is 4.44. The van der Waals surface area contributed by atoms with Crippen LogP contribution in [0.2, 0.25) is 5.02 Å². The highest BCUT2D eigenvalue weighted by Crippen LogP contribution is 2.24. The minimum atomic E-state index is -0.442. The first-order valence-corrected chi connectivity index (χ1v) is 7.17. The number of halogens is 2. The fourth-order valence-corrected chi connectivity index (χ4v) is 2.19. The first-order valence-electron chi connectivity index (χ1n) is 6.80. The largest absolute Gasteiger partial charge is 0.482 e. The molecule has 0 aliphatic carbocycles. The zero-order chi connectivity index (χ0) is 15.1. The van der Waals surface area contributed by atoms with Crippen LogP contribution in [0.1, 0.15) is 0 Å². The zero-order valence-electron chi connectivity index (χ0n) is 11.6. The molecule has 7 heteroatoms. The number of benzene rings is 1. The van der Waals surface area contributed by atoms with Crippen LogP contribution in [0.3, 0.4) is 0 Å². The number of hydrogen-bond acceptors (Lipinski definition) is 4. The Morgan fingerprint density at radius 2 is 2.19 bits per heavy atom. The van der Waals surface area contributed by atoms with Gasteiger partial charge in [-0.3, -0.25) is 9.69 Å². The fourth-order valence-electron chi connectivity index (χ4n) is 1.96. The monoisotopic (exact) mass is 316 g/mol. The molecule has 0 bridgehead atoms. The molecule has 21 heavy (non-hydrogen) atoms. The van der Waals surface area contributed by atoms with Crippen molar-refractivity contribution in [2.45, 2.75) is 0 Å². The van der Waals surface area contributed by atoms with Crippen molar-refractivity contribution in [3.63, 3.8) is 0 Å². The standard InChI is InChI=1S/C14H18ClFN2O3/c15-12-9-11(16)1-2-13(12)21-10-14(19)17-3-4-18-5-7-20-8-6-18/h1-2,9H,3-8,10H2,(H,17,19). The summed E-state index contributed by atoms with van der Waals surface area (Å²) in [4.78, 5) is 13.9. The van der Waals surface area contributed by atoms with Crippen LogP contribution in [0.25, 0.3) is 0 Å². The molecule has 0 aromatic heterocycles. The highest BCUT2D eigenvalue weighted by molar-refractivity contribution is 6.32. The highest BCUT2D eigenvalue weighted by Gasteiger charge is 2.11. The lowest BCUT2D eigenvalue weighted by atomic mass is 10.3. The average molecular weight is 317 g/mol. The molecule has 1 aliphatic rings. The molecule has 1 aromatic rings. The molecule has 1 heterocycles. The van der Waals surface area contributed by atoms with Crippen LogP contribution in [0.15, 0.2) is 18.2 Å². The molecule has 0 radical (unpaired) electrons. The molecule has 1 aliphatic heterocycles. The van der Waals surface area contributed by atoms with E-state index in [2.05, 4.69) is 10.2 Å². The van der Waals surface area contributed by atoms with Crippen LogP contribution in [0.5, 0.6) is 5.75 Å². The van der Waals surface area contributed by atoms with E-state index in [-0.39, 0.29) is 17.5 Å². The summed E-state index contributed by atoms with van der Waals surface area (Å²) >= 11 is 5.80. The van der Waals surface area contributed by atoms with E-state index in [0.717, 1.165) is 38.9 Å². The van der Waals surface area contributed by atoms with E-state index in [1.54, 1.807) is 0 Å². The normalized spacial score (nSPS) is 15.7. The SMILES string of the molecule is O=C(COc1ccc(F)cc1Cl)NCCN1CCOCC1. The molecule has 0 spiro atoms. The average Bonchev–Trinajstić information content (AvgIpc) is 2.47. The van der Waals surface area contributed by atoms with E-state index >= 15 is 0 Å². The third-order valence-electron chi connectivity index (χ3n) is 3.11. The predicted octanol–water partition coefficient (Wildman–Crippen LogP) is 1.31. The maximum atomic E-state index is 12.9. The van der Waals surface area contributed by atoms with Crippen LogP contribution in [-0.2, 0) is 9.53 Å². The third kappa shape index (κ3) is 5.49. The van der Waals surface area contributed by atoms with Gasteiger partial charge in [-0.15, -0.1) is 0 Å². The summed E-state index contributed by atoms with van der Waals surface area (Å²) in [7, 11) is 0. The Bertz CT molecular complexity index is 481. The van der Waals surface area contributed by atoms with Gasteiger partial charge in [-0.25, -0.2) is 4.39 Å². The smallest absolute Gasteiger partial charge is 0.257 e. The number of rotatable bonds is 6. The van der Waals surface area contributed by atoms with Gasteiger partial charge in [0.1, 0.15) is 11.6 Å². The Labute approximate surface area is 128 Å². The van der Waals surface area contributed by atoms with Gasteiger partial charge in [0.15, 0.2) is 6.61 Å². The lowest BCUT2D eigenvalue weighted by Gasteiger charge is -2.26. The summed E-state index contributed by atoms with van der Waals surface area (Å²) in [5.74, 6) is -0.382. The van der Waals surface area contributed by atoms with Crippen molar-refractivity contribution < 1.29 is 18.7 Å². The third-order valence-corrected chi connectivity index (χ3v) is 3.40. The van der Waals surface area contributed by atoms with Crippen molar-refractivity contribution in [2.24, 2.45) is 0 Å². The molecule has 0 unspecified atom stereocenters. The van der Waals surface area contributed by atoms with Gasteiger partial charge in [0.25, 0.3) is 5.91 Å². The number of hydrogen-bond donors (Lipinski definition) is 1. The fraction of sp³-hybridized carbons (Fsp3) is 0.500. The molecule has 0 atom stereocenters. The molecular formula is C14H18ClFN2O3. The molecule has 2 rings (SSSR count). The van der Waals surface area contributed by atoms with Crippen LogP contribution < -0.4 is 10.1 Å². The summed E-state index contributed by atoms with van der Waals surface area (Å²) in [6, 6.07) is 3.78. The molecular weight excluding hydrogens is 299 g/mol. The number of nitrogens with zero attached hydrogens (tertiary/aromatic N) is 1. The quantitative estimate of drug-likeness (QED) is 0.859. The summed E-state index contributed by atoms with van der Waals surface area (Å²) in [5, 5.41) is 2.92. The predicted molar refractivity (Wildman–Crippen MR) is 77.2 cm³/mol. The number of morpholine rings is 1. The van der Waals surface area contributed by atoms with Crippen molar-refractivity contribution in [1.82, 2.24) is 10.2 Å². The molecule has 1 fully saturated rings. The Balaban J connectivity index is 1.65. The molecule has 5 nitrogen and oxygen atoms in total. The van der Waals surface area contributed by atoms with E-state index in [0.29, 0.717) is 12.3 Å². The maximum Gasteiger partial charge on any atom is 0.257 e. The minimum absolute atomic E-state index is 0.144. The van der Waals surface area contributed by atoms with Crippen LogP contribution in [0.4, 0.5) is 4.39 Å². The number of ether oxygens (including phenoxy) is 2. The van der Waals surface area contributed by atoms with Crippen molar-refractivity contribution in [1.29, 1.82) is 0 Å². The second-order valence-electron chi connectivity index (χ2n) is 4.67. The molecule has 116 valence electrons. The second-order valence-corrected chi connectivity index (χ2v) is 5.07. The number of carbonyl (C=O) groups is 1. The number of amides is 1. The summed E-state index contributed by atoms with van der Waals surface area (Å²) in [5.41, 5.74) is 0. The van der Waals surface area contributed by atoms with Gasteiger partial charge >= 0.3 is 0 Å². The lowest BCUT2D eigenvalue weighted by molar-refractivity contribution is -0.123. The Hall–Kier alpha value is -1.37. The van der Waals surface area contributed by atoms with Gasteiger partial charge in [0, 0.05) is 26.2 Å².